The molecule has 1 aromatic carbocycles. The molecule has 2 aliphatic rings. The molecule has 0 unspecified atom stereocenters. The van der Waals surface area contributed by atoms with Crippen molar-refractivity contribution in [3.8, 4) is 0 Å². The maximum absolute atomic E-state index is 11.5. The molecule has 0 N–H and O–H groups in total. The third-order valence-electron chi connectivity index (χ3n) is 3.90. The molecule has 1 aliphatic carbocycles. The van der Waals surface area contributed by atoms with Gasteiger partial charge in [0, 0.05) is 6.08 Å². The van der Waals surface area contributed by atoms with E-state index in [4.69, 9.17) is 14.2 Å². The second-order valence-corrected chi connectivity index (χ2v) is 5.76. The number of ether oxygens (including phenoxy) is 3. The maximum atomic E-state index is 11.5. The van der Waals surface area contributed by atoms with Crippen LogP contribution < -0.4 is 0 Å². The summed E-state index contributed by atoms with van der Waals surface area (Å²) < 4.78 is 16.3. The van der Waals surface area contributed by atoms with E-state index in [-0.39, 0.29) is 18.2 Å². The lowest BCUT2D eigenvalue weighted by Crippen LogP contribution is -2.12. The quantitative estimate of drug-likeness (QED) is 0.420. The van der Waals surface area contributed by atoms with Crippen molar-refractivity contribution in [3.05, 3.63) is 41.5 Å². The number of hydrogen-bond acceptors (Lipinski definition) is 4. The van der Waals surface area contributed by atoms with E-state index in [1.54, 1.807) is 6.92 Å². The Hall–Kier alpha value is -1.65. The standard InChI is InChI=1S/C18H22O4/c1-2-20-17(19)10-9-13-5-3-4-6-16(13)18(14-7-8-14)22-12-15-11-21-15/h3-6,9-10,14-15,18H,2,7-8,11-12H2,1H3/t15-,18-/m1/s1. The molecule has 0 aromatic heterocycles. The van der Waals surface area contributed by atoms with Gasteiger partial charge in [-0.05, 0) is 42.9 Å². The third kappa shape index (κ3) is 4.18. The summed E-state index contributed by atoms with van der Waals surface area (Å²) in [4.78, 5) is 11.5. The molecule has 2 fully saturated rings. The van der Waals surface area contributed by atoms with Crippen LogP contribution in [0.4, 0.5) is 0 Å². The van der Waals surface area contributed by atoms with Crippen molar-refractivity contribution in [2.45, 2.75) is 32.0 Å². The molecule has 2 atom stereocenters. The first-order valence-corrected chi connectivity index (χ1v) is 7.95. The average molecular weight is 302 g/mol. The van der Waals surface area contributed by atoms with Crippen molar-refractivity contribution in [2.75, 3.05) is 19.8 Å². The second-order valence-electron chi connectivity index (χ2n) is 5.76. The predicted octanol–water partition coefficient (Wildman–Crippen LogP) is 3.13. The van der Waals surface area contributed by atoms with Crippen LogP contribution in [-0.2, 0) is 19.0 Å². The Labute approximate surface area is 131 Å². The molecule has 0 radical (unpaired) electrons. The third-order valence-corrected chi connectivity index (χ3v) is 3.90. The van der Waals surface area contributed by atoms with E-state index < -0.39 is 0 Å². The highest BCUT2D eigenvalue weighted by atomic mass is 16.6. The minimum absolute atomic E-state index is 0.0900. The zero-order valence-electron chi connectivity index (χ0n) is 12.9. The summed E-state index contributed by atoms with van der Waals surface area (Å²) in [7, 11) is 0. The summed E-state index contributed by atoms with van der Waals surface area (Å²) in [5.74, 6) is 0.267. The average Bonchev–Trinajstić information content (AvgIpc) is 3.40. The number of carbonyl (C=O) groups is 1. The molecule has 0 amide bonds. The first-order chi connectivity index (χ1) is 10.8. The number of benzene rings is 1. The molecular weight excluding hydrogens is 280 g/mol. The Kier molecular flexibility index (Phi) is 4.90. The van der Waals surface area contributed by atoms with Crippen LogP contribution in [-0.4, -0.2) is 31.9 Å². The number of carbonyl (C=O) groups excluding carboxylic acids is 1. The first kappa shape index (κ1) is 15.3. The zero-order chi connectivity index (χ0) is 15.4. The van der Waals surface area contributed by atoms with Gasteiger partial charge in [-0.15, -0.1) is 0 Å². The topological polar surface area (TPSA) is 48.1 Å². The molecule has 1 aromatic rings. The summed E-state index contributed by atoms with van der Waals surface area (Å²) in [5, 5.41) is 0. The van der Waals surface area contributed by atoms with E-state index in [0.29, 0.717) is 19.1 Å². The lowest BCUT2D eigenvalue weighted by Gasteiger charge is -2.19. The van der Waals surface area contributed by atoms with Crippen LogP contribution in [0.3, 0.4) is 0 Å². The van der Waals surface area contributed by atoms with Gasteiger partial charge in [0.05, 0.1) is 25.9 Å². The van der Waals surface area contributed by atoms with Gasteiger partial charge >= 0.3 is 5.97 Å². The van der Waals surface area contributed by atoms with Crippen LogP contribution >= 0.6 is 0 Å². The van der Waals surface area contributed by atoms with Gasteiger partial charge in [-0.3, -0.25) is 0 Å². The Morgan fingerprint density at radius 3 is 2.86 bits per heavy atom. The van der Waals surface area contributed by atoms with Gasteiger partial charge in [0.15, 0.2) is 0 Å². The molecule has 118 valence electrons. The van der Waals surface area contributed by atoms with E-state index in [2.05, 4.69) is 6.07 Å². The van der Waals surface area contributed by atoms with E-state index in [0.717, 1.165) is 17.7 Å². The number of hydrogen-bond donors (Lipinski definition) is 0. The van der Waals surface area contributed by atoms with Crippen LogP contribution in [0, 0.1) is 5.92 Å². The van der Waals surface area contributed by atoms with Crippen LogP contribution in [0.1, 0.15) is 37.0 Å². The van der Waals surface area contributed by atoms with Crippen LogP contribution in [0.25, 0.3) is 6.08 Å². The van der Waals surface area contributed by atoms with Crippen LogP contribution in [0.15, 0.2) is 30.3 Å². The Morgan fingerprint density at radius 1 is 1.41 bits per heavy atom. The van der Waals surface area contributed by atoms with Crippen LogP contribution in [0.2, 0.25) is 0 Å². The van der Waals surface area contributed by atoms with E-state index in [1.807, 2.05) is 24.3 Å². The van der Waals surface area contributed by atoms with Crippen LogP contribution in [0.5, 0.6) is 0 Å². The van der Waals surface area contributed by atoms with Crippen molar-refractivity contribution in [3.63, 3.8) is 0 Å². The Bertz CT molecular complexity index is 544. The van der Waals surface area contributed by atoms with Gasteiger partial charge < -0.3 is 14.2 Å². The molecule has 0 bridgehead atoms. The molecule has 1 aliphatic heterocycles. The normalized spacial score (nSPS) is 21.8. The van der Waals surface area contributed by atoms with Gasteiger partial charge in [-0.25, -0.2) is 4.79 Å². The summed E-state index contributed by atoms with van der Waals surface area (Å²) >= 11 is 0. The molecular formula is C18H22O4. The number of epoxide rings is 1. The van der Waals surface area contributed by atoms with E-state index in [1.165, 1.54) is 18.9 Å². The van der Waals surface area contributed by atoms with Gasteiger partial charge in [0.1, 0.15) is 6.10 Å². The van der Waals surface area contributed by atoms with Crippen molar-refractivity contribution in [2.24, 2.45) is 5.92 Å². The second kappa shape index (κ2) is 7.07. The fourth-order valence-corrected chi connectivity index (χ4v) is 2.52. The van der Waals surface area contributed by atoms with Gasteiger partial charge in [-0.2, -0.15) is 0 Å². The smallest absolute Gasteiger partial charge is 0.330 e. The lowest BCUT2D eigenvalue weighted by molar-refractivity contribution is -0.137. The number of rotatable bonds is 8. The first-order valence-electron chi connectivity index (χ1n) is 7.95. The van der Waals surface area contributed by atoms with Crippen molar-refractivity contribution in [1.29, 1.82) is 0 Å². The summed E-state index contributed by atoms with van der Waals surface area (Å²) in [6, 6.07) is 8.09. The van der Waals surface area contributed by atoms with Crippen molar-refractivity contribution in [1.82, 2.24) is 0 Å². The van der Waals surface area contributed by atoms with E-state index >= 15 is 0 Å². The highest BCUT2D eigenvalue weighted by Gasteiger charge is 2.35. The summed E-state index contributed by atoms with van der Waals surface area (Å²) in [5.41, 5.74) is 2.16. The zero-order valence-corrected chi connectivity index (χ0v) is 12.9. The maximum Gasteiger partial charge on any atom is 0.330 e. The highest BCUT2D eigenvalue weighted by Crippen LogP contribution is 2.44. The molecule has 22 heavy (non-hydrogen) atoms. The number of esters is 1. The molecule has 4 heteroatoms. The monoisotopic (exact) mass is 302 g/mol. The summed E-state index contributed by atoms with van der Waals surface area (Å²) in [6.45, 7) is 3.65. The molecule has 4 nitrogen and oxygen atoms in total. The van der Waals surface area contributed by atoms with Gasteiger partial charge in [0.2, 0.25) is 0 Å². The van der Waals surface area contributed by atoms with Gasteiger partial charge in [-0.1, -0.05) is 24.3 Å². The lowest BCUT2D eigenvalue weighted by atomic mass is 9.98. The van der Waals surface area contributed by atoms with Crippen molar-refractivity contribution < 1.29 is 19.0 Å². The summed E-state index contributed by atoms with van der Waals surface area (Å²) in [6.07, 6.45) is 6.06. The molecule has 1 saturated heterocycles. The minimum Gasteiger partial charge on any atom is -0.463 e. The fourth-order valence-electron chi connectivity index (χ4n) is 2.52. The van der Waals surface area contributed by atoms with Crippen molar-refractivity contribution >= 4 is 12.0 Å². The largest absolute Gasteiger partial charge is 0.463 e. The minimum atomic E-state index is -0.312. The SMILES string of the molecule is CCOC(=O)C=Cc1ccccc1[C@H](OC[C@H]1CO1)C1CC1. The fraction of sp³-hybridized carbons (Fsp3) is 0.500. The molecule has 1 saturated carbocycles. The Morgan fingerprint density at radius 2 is 2.18 bits per heavy atom. The molecule has 0 spiro atoms. The van der Waals surface area contributed by atoms with E-state index in [9.17, 15) is 4.79 Å². The molecule has 1 heterocycles. The Balaban J connectivity index is 1.74. The van der Waals surface area contributed by atoms with Gasteiger partial charge in [0.25, 0.3) is 0 Å². The molecule has 3 rings (SSSR count). The predicted molar refractivity (Wildman–Crippen MR) is 83.3 cm³/mol. The highest BCUT2D eigenvalue weighted by molar-refractivity contribution is 5.87.